The molecule has 3 heterocycles. The number of halogens is 1. The van der Waals surface area contributed by atoms with E-state index in [-0.39, 0.29) is 23.3 Å². The first-order valence-corrected chi connectivity index (χ1v) is 11.3. The van der Waals surface area contributed by atoms with Crippen LogP contribution in [0.2, 0.25) is 0 Å². The number of benzene rings is 2. The Balaban J connectivity index is 1.24. The molecule has 0 bridgehead atoms. The predicted molar refractivity (Wildman–Crippen MR) is 127 cm³/mol. The highest BCUT2D eigenvalue weighted by atomic mass is 19.1. The SMILES string of the molecule is Cc1nc(-c2ccc(NC(=O)N3CCCC(c4nc(-c5cccc(F)c5)no4)C3)cc2)cc(=O)[nH]1. The van der Waals surface area contributed by atoms with E-state index in [0.29, 0.717) is 47.6 Å². The number of aromatic nitrogens is 4. The summed E-state index contributed by atoms with van der Waals surface area (Å²) in [6.07, 6.45) is 1.61. The van der Waals surface area contributed by atoms with Gasteiger partial charge in [-0.2, -0.15) is 4.98 Å². The van der Waals surface area contributed by atoms with E-state index in [1.807, 2.05) is 12.1 Å². The molecule has 1 aliphatic rings. The van der Waals surface area contributed by atoms with E-state index in [0.717, 1.165) is 18.4 Å². The number of nitrogens with one attached hydrogen (secondary N) is 2. The summed E-state index contributed by atoms with van der Waals surface area (Å²) in [5.41, 5.74) is 2.31. The van der Waals surface area contributed by atoms with Gasteiger partial charge in [0.15, 0.2) is 0 Å². The fourth-order valence-electron chi connectivity index (χ4n) is 4.16. The van der Waals surface area contributed by atoms with Crippen LogP contribution in [-0.2, 0) is 0 Å². The minimum Gasteiger partial charge on any atom is -0.339 e. The molecular formula is C25H23FN6O3. The van der Waals surface area contributed by atoms with Gasteiger partial charge in [0, 0.05) is 36.0 Å². The fourth-order valence-corrected chi connectivity index (χ4v) is 4.16. The molecule has 1 fully saturated rings. The maximum atomic E-state index is 13.5. The minimum atomic E-state index is -0.369. The summed E-state index contributed by atoms with van der Waals surface area (Å²) >= 11 is 0. The smallest absolute Gasteiger partial charge is 0.321 e. The molecule has 1 aliphatic heterocycles. The Morgan fingerprint density at radius 2 is 1.97 bits per heavy atom. The number of nitrogens with zero attached hydrogens (tertiary/aromatic N) is 4. The number of carbonyl (C=O) groups excluding carboxylic acids is 1. The molecule has 2 amide bonds. The van der Waals surface area contributed by atoms with Gasteiger partial charge in [-0.05, 0) is 44.0 Å². The number of rotatable bonds is 4. The zero-order valence-electron chi connectivity index (χ0n) is 19.0. The Hall–Kier alpha value is -4.34. The summed E-state index contributed by atoms with van der Waals surface area (Å²) in [7, 11) is 0. The molecule has 2 aromatic heterocycles. The third-order valence-corrected chi connectivity index (χ3v) is 5.87. The van der Waals surface area contributed by atoms with Crippen molar-refractivity contribution in [2.24, 2.45) is 0 Å². The second kappa shape index (κ2) is 9.49. The molecular weight excluding hydrogens is 451 g/mol. The predicted octanol–water partition coefficient (Wildman–Crippen LogP) is 4.35. The van der Waals surface area contributed by atoms with Gasteiger partial charge in [-0.15, -0.1) is 0 Å². The van der Waals surface area contributed by atoms with Crippen LogP contribution in [0.15, 0.2) is 63.9 Å². The number of aromatic amines is 1. The average Bonchev–Trinajstić information content (AvgIpc) is 3.35. The summed E-state index contributed by atoms with van der Waals surface area (Å²) < 4.78 is 19.0. The third kappa shape index (κ3) is 5.11. The highest BCUT2D eigenvalue weighted by Crippen LogP contribution is 2.28. The number of hydrogen-bond donors (Lipinski definition) is 2. The van der Waals surface area contributed by atoms with Crippen LogP contribution in [0.5, 0.6) is 0 Å². The molecule has 0 radical (unpaired) electrons. The Morgan fingerprint density at radius 1 is 1.14 bits per heavy atom. The molecule has 4 aromatic rings. The van der Waals surface area contributed by atoms with Crippen LogP contribution in [0, 0.1) is 12.7 Å². The summed E-state index contributed by atoms with van der Waals surface area (Å²) in [4.78, 5) is 37.7. The Bertz CT molecular complexity index is 1420. The van der Waals surface area contributed by atoms with Crippen molar-refractivity contribution in [2.45, 2.75) is 25.7 Å². The lowest BCUT2D eigenvalue weighted by Gasteiger charge is -2.31. The normalized spacial score (nSPS) is 15.7. The van der Waals surface area contributed by atoms with E-state index < -0.39 is 0 Å². The number of urea groups is 1. The van der Waals surface area contributed by atoms with Gasteiger partial charge < -0.3 is 19.7 Å². The van der Waals surface area contributed by atoms with Gasteiger partial charge in [-0.3, -0.25) is 4.79 Å². The number of aryl methyl sites for hydroxylation is 1. The van der Waals surface area contributed by atoms with Crippen LogP contribution in [0.3, 0.4) is 0 Å². The quantitative estimate of drug-likeness (QED) is 0.454. The molecule has 9 nitrogen and oxygen atoms in total. The third-order valence-electron chi connectivity index (χ3n) is 5.87. The first kappa shape index (κ1) is 22.5. The fraction of sp³-hybridized carbons (Fsp3) is 0.240. The molecule has 0 spiro atoms. The topological polar surface area (TPSA) is 117 Å². The Labute approximate surface area is 200 Å². The summed E-state index contributed by atoms with van der Waals surface area (Å²) in [5.74, 6) is 0.829. The largest absolute Gasteiger partial charge is 0.339 e. The number of carbonyl (C=O) groups is 1. The lowest BCUT2D eigenvalue weighted by molar-refractivity contribution is 0.184. The highest BCUT2D eigenvalue weighted by Gasteiger charge is 2.29. The van der Waals surface area contributed by atoms with Crippen LogP contribution in [-0.4, -0.2) is 44.1 Å². The molecule has 10 heteroatoms. The maximum absolute atomic E-state index is 13.5. The van der Waals surface area contributed by atoms with Gasteiger partial charge in [-0.25, -0.2) is 14.2 Å². The molecule has 1 atom stereocenters. The number of amides is 2. The van der Waals surface area contributed by atoms with Crippen molar-refractivity contribution in [3.8, 4) is 22.6 Å². The van der Waals surface area contributed by atoms with E-state index in [1.54, 1.807) is 36.1 Å². The Kier molecular flexibility index (Phi) is 6.09. The first-order chi connectivity index (χ1) is 16.9. The number of H-pyrrole nitrogens is 1. The summed E-state index contributed by atoms with van der Waals surface area (Å²) in [6, 6.07) is 14.4. The van der Waals surface area contributed by atoms with E-state index in [9.17, 15) is 14.0 Å². The van der Waals surface area contributed by atoms with Crippen LogP contribution < -0.4 is 10.9 Å². The zero-order valence-corrected chi connectivity index (χ0v) is 19.0. The van der Waals surface area contributed by atoms with Crippen molar-refractivity contribution in [1.29, 1.82) is 0 Å². The second-order valence-corrected chi connectivity index (χ2v) is 8.48. The maximum Gasteiger partial charge on any atom is 0.321 e. The standard InChI is InChI=1S/C25H23FN6O3/c1-15-27-21(13-22(33)28-15)16-7-9-20(10-8-16)29-25(34)32-11-3-5-18(14-32)24-30-23(31-35-24)17-4-2-6-19(26)12-17/h2,4,6-10,12-13,18H,3,5,11,14H2,1H3,(H,29,34)(H,27,28,33). The van der Waals surface area contributed by atoms with E-state index >= 15 is 0 Å². The Morgan fingerprint density at radius 3 is 2.74 bits per heavy atom. The molecule has 2 aromatic carbocycles. The van der Waals surface area contributed by atoms with Crippen molar-refractivity contribution in [3.05, 3.63) is 82.5 Å². The zero-order chi connectivity index (χ0) is 24.4. The van der Waals surface area contributed by atoms with E-state index in [2.05, 4.69) is 25.4 Å². The van der Waals surface area contributed by atoms with Gasteiger partial charge >= 0.3 is 6.03 Å². The van der Waals surface area contributed by atoms with Crippen molar-refractivity contribution < 1.29 is 13.7 Å². The monoisotopic (exact) mass is 474 g/mol. The number of piperidine rings is 1. The summed E-state index contributed by atoms with van der Waals surface area (Å²) in [5, 5.41) is 6.90. The molecule has 5 rings (SSSR count). The molecule has 35 heavy (non-hydrogen) atoms. The van der Waals surface area contributed by atoms with E-state index in [1.165, 1.54) is 18.2 Å². The van der Waals surface area contributed by atoms with Gasteiger partial charge in [0.2, 0.25) is 11.7 Å². The van der Waals surface area contributed by atoms with Gasteiger partial charge in [0.1, 0.15) is 11.6 Å². The van der Waals surface area contributed by atoms with Crippen LogP contribution >= 0.6 is 0 Å². The summed E-state index contributed by atoms with van der Waals surface area (Å²) in [6.45, 7) is 2.77. The lowest BCUT2D eigenvalue weighted by Crippen LogP contribution is -2.41. The average molecular weight is 474 g/mol. The van der Waals surface area contributed by atoms with Crippen molar-refractivity contribution >= 4 is 11.7 Å². The molecule has 2 N–H and O–H groups in total. The first-order valence-electron chi connectivity index (χ1n) is 11.3. The molecule has 0 saturated carbocycles. The van der Waals surface area contributed by atoms with Gasteiger partial charge in [0.25, 0.3) is 5.56 Å². The number of likely N-dealkylation sites (tertiary alicyclic amines) is 1. The second-order valence-electron chi connectivity index (χ2n) is 8.48. The van der Waals surface area contributed by atoms with Gasteiger partial charge in [-0.1, -0.05) is 29.4 Å². The van der Waals surface area contributed by atoms with Crippen molar-refractivity contribution in [1.82, 2.24) is 25.0 Å². The van der Waals surface area contributed by atoms with Crippen molar-refractivity contribution in [3.63, 3.8) is 0 Å². The van der Waals surface area contributed by atoms with Crippen LogP contribution in [0.25, 0.3) is 22.6 Å². The lowest BCUT2D eigenvalue weighted by atomic mass is 9.98. The number of anilines is 1. The van der Waals surface area contributed by atoms with Gasteiger partial charge in [0.05, 0.1) is 11.6 Å². The minimum absolute atomic E-state index is 0.0998. The van der Waals surface area contributed by atoms with E-state index in [4.69, 9.17) is 4.52 Å². The number of hydrogen-bond acceptors (Lipinski definition) is 6. The van der Waals surface area contributed by atoms with Crippen molar-refractivity contribution in [2.75, 3.05) is 18.4 Å². The molecule has 1 saturated heterocycles. The molecule has 0 aliphatic carbocycles. The molecule has 1 unspecified atom stereocenters. The highest BCUT2D eigenvalue weighted by molar-refractivity contribution is 5.89. The van der Waals surface area contributed by atoms with Crippen LogP contribution in [0.4, 0.5) is 14.9 Å². The molecule has 178 valence electrons. The van der Waals surface area contributed by atoms with Crippen LogP contribution in [0.1, 0.15) is 30.5 Å².